The highest BCUT2D eigenvalue weighted by molar-refractivity contribution is 5.28. The molecule has 5 heteroatoms. The van der Waals surface area contributed by atoms with Crippen LogP contribution in [0.4, 0.5) is 0 Å². The van der Waals surface area contributed by atoms with Crippen LogP contribution in [0.15, 0.2) is 36.5 Å². The second-order valence-corrected chi connectivity index (χ2v) is 5.44. The van der Waals surface area contributed by atoms with Gasteiger partial charge in [0.2, 0.25) is 0 Å². The average Bonchev–Trinajstić information content (AvgIpc) is 3.00. The van der Waals surface area contributed by atoms with E-state index in [0.717, 1.165) is 11.4 Å². The minimum atomic E-state index is 0.104. The van der Waals surface area contributed by atoms with E-state index in [1.54, 1.807) is 4.80 Å². The molecule has 0 spiro atoms. The summed E-state index contributed by atoms with van der Waals surface area (Å²) in [5.74, 6) is 6.32. The molecule has 1 heterocycles. The molecule has 0 amide bonds. The zero-order valence-corrected chi connectivity index (χ0v) is 11.6. The number of hydrazine groups is 1. The molecule has 2 aromatic rings. The van der Waals surface area contributed by atoms with Crippen molar-refractivity contribution in [3.8, 4) is 5.69 Å². The van der Waals surface area contributed by atoms with Crippen LogP contribution in [-0.4, -0.2) is 15.0 Å². The van der Waals surface area contributed by atoms with E-state index in [9.17, 15) is 0 Å². The van der Waals surface area contributed by atoms with E-state index >= 15 is 0 Å². The van der Waals surface area contributed by atoms with Gasteiger partial charge in [0.25, 0.3) is 0 Å². The van der Waals surface area contributed by atoms with Crippen LogP contribution in [0.1, 0.15) is 43.8 Å². The van der Waals surface area contributed by atoms with Crippen molar-refractivity contribution in [2.75, 3.05) is 0 Å². The predicted molar refractivity (Wildman–Crippen MR) is 78.0 cm³/mol. The van der Waals surface area contributed by atoms with Crippen LogP contribution in [-0.2, 0) is 0 Å². The molecule has 106 valence electrons. The van der Waals surface area contributed by atoms with Crippen molar-refractivity contribution in [2.24, 2.45) is 11.8 Å². The van der Waals surface area contributed by atoms with Crippen molar-refractivity contribution < 1.29 is 0 Å². The van der Waals surface area contributed by atoms with Gasteiger partial charge in [0.05, 0.1) is 17.9 Å². The van der Waals surface area contributed by atoms with Crippen LogP contribution in [0.2, 0.25) is 0 Å². The Morgan fingerprint density at radius 3 is 2.60 bits per heavy atom. The molecule has 1 aromatic carbocycles. The number of aromatic nitrogens is 3. The third-order valence-electron chi connectivity index (χ3n) is 4.12. The summed E-state index contributed by atoms with van der Waals surface area (Å²) in [4.78, 5) is 1.67. The second kappa shape index (κ2) is 6.15. The quantitative estimate of drug-likeness (QED) is 0.661. The summed E-state index contributed by atoms with van der Waals surface area (Å²) in [6, 6.07) is 10.0. The van der Waals surface area contributed by atoms with Crippen molar-refractivity contribution in [1.82, 2.24) is 20.4 Å². The minimum Gasteiger partial charge on any atom is -0.271 e. The van der Waals surface area contributed by atoms with E-state index in [2.05, 4.69) is 15.6 Å². The van der Waals surface area contributed by atoms with Crippen LogP contribution in [0, 0.1) is 5.92 Å². The summed E-state index contributed by atoms with van der Waals surface area (Å²) in [7, 11) is 0. The molecule has 5 nitrogen and oxygen atoms in total. The first-order valence-electron chi connectivity index (χ1n) is 7.32. The molecule has 1 unspecified atom stereocenters. The van der Waals surface area contributed by atoms with Gasteiger partial charge in [-0.3, -0.25) is 11.3 Å². The molecule has 1 fully saturated rings. The summed E-state index contributed by atoms with van der Waals surface area (Å²) in [6.07, 6.45) is 8.17. The van der Waals surface area contributed by atoms with Gasteiger partial charge in [0, 0.05) is 0 Å². The van der Waals surface area contributed by atoms with Crippen molar-refractivity contribution in [2.45, 2.75) is 38.1 Å². The zero-order valence-electron chi connectivity index (χ0n) is 11.6. The van der Waals surface area contributed by atoms with Crippen molar-refractivity contribution in [3.05, 3.63) is 42.2 Å². The number of para-hydroxylation sites is 1. The molecular formula is C15H21N5. The molecule has 0 radical (unpaired) electrons. The Balaban J connectivity index is 1.80. The second-order valence-electron chi connectivity index (χ2n) is 5.44. The Bertz CT molecular complexity index is 530. The standard InChI is InChI=1S/C15H21N5/c16-18-15(12-7-3-1-4-8-12)14-11-17-20(19-14)13-9-5-2-6-10-13/h2,5-6,9-12,15,18H,1,3-4,7-8,16H2. The molecule has 1 saturated carbocycles. The van der Waals surface area contributed by atoms with Crippen LogP contribution in [0.3, 0.4) is 0 Å². The maximum Gasteiger partial charge on any atom is 0.102 e. The zero-order chi connectivity index (χ0) is 13.8. The first kappa shape index (κ1) is 13.3. The van der Waals surface area contributed by atoms with Gasteiger partial charge < -0.3 is 0 Å². The molecule has 1 aliphatic carbocycles. The summed E-state index contributed by atoms with van der Waals surface area (Å²) < 4.78 is 0. The lowest BCUT2D eigenvalue weighted by atomic mass is 9.83. The molecule has 0 saturated heterocycles. The third kappa shape index (κ3) is 2.73. The van der Waals surface area contributed by atoms with Crippen LogP contribution in [0.5, 0.6) is 0 Å². The largest absolute Gasteiger partial charge is 0.271 e. The molecule has 0 aliphatic heterocycles. The van der Waals surface area contributed by atoms with Gasteiger partial charge in [-0.2, -0.15) is 15.0 Å². The van der Waals surface area contributed by atoms with Gasteiger partial charge in [-0.15, -0.1) is 0 Å². The summed E-state index contributed by atoms with van der Waals surface area (Å²) in [5.41, 5.74) is 4.84. The molecule has 1 atom stereocenters. The third-order valence-corrected chi connectivity index (χ3v) is 4.12. The summed E-state index contributed by atoms with van der Waals surface area (Å²) in [6.45, 7) is 0. The predicted octanol–water partition coefficient (Wildman–Crippen LogP) is 2.35. The highest BCUT2D eigenvalue weighted by atomic mass is 15.5. The van der Waals surface area contributed by atoms with Gasteiger partial charge in [-0.25, -0.2) is 0 Å². The fraction of sp³-hybridized carbons (Fsp3) is 0.467. The van der Waals surface area contributed by atoms with Crippen molar-refractivity contribution in [1.29, 1.82) is 0 Å². The van der Waals surface area contributed by atoms with E-state index in [1.165, 1.54) is 32.1 Å². The minimum absolute atomic E-state index is 0.104. The first-order valence-corrected chi connectivity index (χ1v) is 7.32. The van der Waals surface area contributed by atoms with Gasteiger partial charge in [0.1, 0.15) is 5.69 Å². The van der Waals surface area contributed by atoms with Gasteiger partial charge in [0.15, 0.2) is 0 Å². The van der Waals surface area contributed by atoms with Crippen LogP contribution >= 0.6 is 0 Å². The Hall–Kier alpha value is -1.72. The molecular weight excluding hydrogens is 250 g/mol. The maximum atomic E-state index is 5.76. The number of rotatable bonds is 4. The van der Waals surface area contributed by atoms with E-state index in [-0.39, 0.29) is 6.04 Å². The lowest BCUT2D eigenvalue weighted by Gasteiger charge is -2.28. The fourth-order valence-electron chi connectivity index (χ4n) is 3.03. The van der Waals surface area contributed by atoms with Gasteiger partial charge >= 0.3 is 0 Å². The molecule has 0 bridgehead atoms. The van der Waals surface area contributed by atoms with E-state index in [1.807, 2.05) is 36.5 Å². The molecule has 1 aliphatic rings. The lowest BCUT2D eigenvalue weighted by Crippen LogP contribution is -2.34. The van der Waals surface area contributed by atoms with Gasteiger partial charge in [-0.1, -0.05) is 37.5 Å². The Labute approximate surface area is 119 Å². The number of benzene rings is 1. The molecule has 20 heavy (non-hydrogen) atoms. The van der Waals surface area contributed by atoms with Gasteiger partial charge in [-0.05, 0) is 30.9 Å². The first-order chi connectivity index (χ1) is 9.88. The Morgan fingerprint density at radius 2 is 1.90 bits per heavy atom. The normalized spacial score (nSPS) is 18.1. The summed E-state index contributed by atoms with van der Waals surface area (Å²) >= 11 is 0. The van der Waals surface area contributed by atoms with E-state index in [4.69, 9.17) is 5.84 Å². The van der Waals surface area contributed by atoms with E-state index in [0.29, 0.717) is 5.92 Å². The van der Waals surface area contributed by atoms with Crippen LogP contribution in [0.25, 0.3) is 5.69 Å². The molecule has 3 N–H and O–H groups in total. The Morgan fingerprint density at radius 1 is 1.15 bits per heavy atom. The molecule has 3 rings (SSSR count). The highest BCUT2D eigenvalue weighted by Gasteiger charge is 2.26. The SMILES string of the molecule is NNC(c1cnn(-c2ccccc2)n1)C1CCCCC1. The van der Waals surface area contributed by atoms with Crippen molar-refractivity contribution in [3.63, 3.8) is 0 Å². The number of hydrogen-bond donors (Lipinski definition) is 2. The summed E-state index contributed by atoms with van der Waals surface area (Å²) in [5, 5.41) is 8.95. The maximum absolute atomic E-state index is 5.76. The molecule has 1 aromatic heterocycles. The van der Waals surface area contributed by atoms with E-state index < -0.39 is 0 Å². The number of nitrogens with one attached hydrogen (secondary N) is 1. The number of hydrogen-bond acceptors (Lipinski definition) is 4. The van der Waals surface area contributed by atoms with Crippen LogP contribution < -0.4 is 11.3 Å². The lowest BCUT2D eigenvalue weighted by molar-refractivity contribution is 0.269. The van der Waals surface area contributed by atoms with Crippen molar-refractivity contribution >= 4 is 0 Å². The fourth-order valence-corrected chi connectivity index (χ4v) is 3.03. The number of nitrogens with two attached hydrogens (primary N) is 1. The smallest absolute Gasteiger partial charge is 0.102 e. The topological polar surface area (TPSA) is 68.8 Å². The number of nitrogens with zero attached hydrogens (tertiary/aromatic N) is 3. The monoisotopic (exact) mass is 271 g/mol. The Kier molecular flexibility index (Phi) is 4.08. The average molecular weight is 271 g/mol. The highest BCUT2D eigenvalue weighted by Crippen LogP contribution is 2.33.